The molecule has 6 N–H and O–H groups in total. The minimum Gasteiger partial charge on any atom is -0.462 e. The van der Waals surface area contributed by atoms with Crippen molar-refractivity contribution in [3.05, 3.63) is 36.5 Å². The minimum absolute atomic E-state index is 0.0538. The van der Waals surface area contributed by atoms with E-state index in [0.717, 1.165) is 57.8 Å². The van der Waals surface area contributed by atoms with E-state index < -0.39 is 75.7 Å². The van der Waals surface area contributed by atoms with Gasteiger partial charge >= 0.3 is 19.8 Å². The van der Waals surface area contributed by atoms with Gasteiger partial charge in [0.2, 0.25) is 0 Å². The fraction of sp³-hybridized carbons (Fsp3) is 0.830. The maximum atomic E-state index is 12.8. The van der Waals surface area contributed by atoms with Crippen LogP contribution in [0, 0.1) is 0 Å². The third-order valence-corrected chi connectivity index (χ3v) is 11.9. The molecule has 0 radical (unpaired) electrons. The first-order valence-corrected chi connectivity index (χ1v) is 25.3. The fourth-order valence-corrected chi connectivity index (χ4v) is 8.05. The fourth-order valence-electron chi connectivity index (χ4n) is 7.08. The van der Waals surface area contributed by atoms with Gasteiger partial charge in [0, 0.05) is 12.8 Å². The molecule has 0 aliphatic heterocycles. The van der Waals surface area contributed by atoms with Crippen molar-refractivity contribution in [3.63, 3.8) is 0 Å². The van der Waals surface area contributed by atoms with Crippen molar-refractivity contribution < 1.29 is 63.1 Å². The lowest BCUT2D eigenvalue weighted by atomic mass is 9.85. The summed E-state index contributed by atoms with van der Waals surface area (Å²) in [6.45, 7) is 3.26. The molecule has 61 heavy (non-hydrogen) atoms. The van der Waals surface area contributed by atoms with Crippen LogP contribution in [-0.2, 0) is 32.7 Å². The number of allylic oxidation sites excluding steroid dienone is 6. The number of rotatable bonds is 39. The molecule has 8 atom stereocenters. The molecule has 0 saturated heterocycles. The van der Waals surface area contributed by atoms with Gasteiger partial charge < -0.3 is 39.9 Å². The van der Waals surface area contributed by atoms with Crippen LogP contribution in [0.3, 0.4) is 0 Å². The van der Waals surface area contributed by atoms with Crippen molar-refractivity contribution in [2.75, 3.05) is 13.2 Å². The van der Waals surface area contributed by atoms with Crippen molar-refractivity contribution in [2.24, 2.45) is 0 Å². The maximum absolute atomic E-state index is 12.8. The lowest BCUT2D eigenvalue weighted by Crippen LogP contribution is -2.64. The van der Waals surface area contributed by atoms with Crippen molar-refractivity contribution >= 4 is 19.8 Å². The average molecular weight is 889 g/mol. The summed E-state index contributed by atoms with van der Waals surface area (Å²) in [5.41, 5.74) is 0. The molecule has 1 aliphatic rings. The highest BCUT2D eigenvalue weighted by molar-refractivity contribution is 7.47. The number of phosphoric ester groups is 1. The summed E-state index contributed by atoms with van der Waals surface area (Å²) in [5, 5.41) is 50.1. The zero-order chi connectivity index (χ0) is 45.0. The Bertz CT molecular complexity index is 1210. The van der Waals surface area contributed by atoms with Gasteiger partial charge in [-0.15, -0.1) is 0 Å². The lowest BCUT2D eigenvalue weighted by Gasteiger charge is -2.41. The topological polar surface area (TPSA) is 210 Å². The molecule has 0 bridgehead atoms. The van der Waals surface area contributed by atoms with Crippen molar-refractivity contribution in [3.8, 4) is 0 Å². The van der Waals surface area contributed by atoms with Gasteiger partial charge in [-0.1, -0.05) is 147 Å². The highest BCUT2D eigenvalue weighted by Crippen LogP contribution is 2.47. The van der Waals surface area contributed by atoms with Crippen molar-refractivity contribution in [1.82, 2.24) is 0 Å². The highest BCUT2D eigenvalue weighted by Gasteiger charge is 2.51. The molecule has 14 heteroatoms. The van der Waals surface area contributed by atoms with E-state index in [0.29, 0.717) is 12.8 Å². The van der Waals surface area contributed by atoms with E-state index in [4.69, 9.17) is 18.5 Å². The molecular weight excluding hydrogens is 803 g/mol. The zero-order valence-corrected chi connectivity index (χ0v) is 38.6. The van der Waals surface area contributed by atoms with Crippen LogP contribution in [0.4, 0.5) is 0 Å². The maximum Gasteiger partial charge on any atom is 0.472 e. The van der Waals surface area contributed by atoms with Crippen molar-refractivity contribution in [2.45, 2.75) is 236 Å². The van der Waals surface area contributed by atoms with E-state index >= 15 is 0 Å². The predicted octanol–water partition coefficient (Wildman–Crippen LogP) is 9.39. The van der Waals surface area contributed by atoms with Crippen LogP contribution < -0.4 is 0 Å². The quantitative estimate of drug-likeness (QED) is 0.0147. The molecule has 0 amide bonds. The van der Waals surface area contributed by atoms with Crippen LogP contribution in [-0.4, -0.2) is 98.3 Å². The van der Waals surface area contributed by atoms with Gasteiger partial charge in [-0.25, -0.2) is 4.57 Å². The molecular formula is C47H85O13P. The number of hydrogen-bond donors (Lipinski definition) is 6. The smallest absolute Gasteiger partial charge is 0.462 e. The molecule has 0 aromatic carbocycles. The Morgan fingerprint density at radius 3 is 1.38 bits per heavy atom. The normalized spacial score (nSPS) is 22.3. The molecule has 1 rings (SSSR count). The van der Waals surface area contributed by atoms with E-state index in [2.05, 4.69) is 50.3 Å². The number of ether oxygens (including phenoxy) is 2. The zero-order valence-electron chi connectivity index (χ0n) is 37.7. The third-order valence-electron chi connectivity index (χ3n) is 11.0. The summed E-state index contributed by atoms with van der Waals surface area (Å²) >= 11 is 0. The third kappa shape index (κ3) is 30.0. The number of aliphatic hydroxyl groups excluding tert-OH is 5. The second-order valence-corrected chi connectivity index (χ2v) is 18.0. The largest absolute Gasteiger partial charge is 0.472 e. The SMILES string of the molecule is CCCCCCCC/C=C/C/C=C/CCCCC(=O)O[C@@H](COC(=O)CCCCCCCCC/C=C/CCCCCCCC)COP(=O)(O)OC1C(O)C(O)C(O)[C@H](O)C1O. The molecule has 0 aromatic heterocycles. The predicted molar refractivity (Wildman–Crippen MR) is 240 cm³/mol. The van der Waals surface area contributed by atoms with E-state index in [1.165, 1.54) is 96.3 Å². The standard InChI is InChI=1S/C47H85O13P/c1-3-5-7-9-11-13-15-17-19-20-22-23-25-27-29-31-33-35-40(48)57-37-39(38-58-61(55,56)60-47-45(53)43(51)42(50)44(52)46(47)54)59-41(49)36-34-32-30-28-26-24-21-18-16-14-12-10-8-6-4-2/h17-19,21,26,28,39,42-47,50-54H,3-16,20,22-25,27,29-38H2,1-2H3,(H,55,56)/b19-17+,21-18+,28-26+/t39-,42?,43-,44?,45?,46?,47?/m0/s1. The van der Waals surface area contributed by atoms with E-state index in [1.54, 1.807) is 0 Å². The summed E-state index contributed by atoms with van der Waals surface area (Å²) in [6.07, 6.45) is 29.1. The first-order chi connectivity index (χ1) is 29.4. The van der Waals surface area contributed by atoms with E-state index in [-0.39, 0.29) is 12.8 Å². The van der Waals surface area contributed by atoms with E-state index in [9.17, 15) is 44.6 Å². The molecule has 1 saturated carbocycles. The van der Waals surface area contributed by atoms with Gasteiger partial charge in [0.15, 0.2) is 6.10 Å². The van der Waals surface area contributed by atoms with Gasteiger partial charge in [-0.05, 0) is 70.6 Å². The Balaban J connectivity index is 2.47. The molecule has 1 aliphatic carbocycles. The van der Waals surface area contributed by atoms with Gasteiger partial charge in [0.1, 0.15) is 43.2 Å². The van der Waals surface area contributed by atoms with Crippen LogP contribution in [0.2, 0.25) is 0 Å². The summed E-state index contributed by atoms with van der Waals surface area (Å²) in [5.74, 6) is -1.14. The van der Waals surface area contributed by atoms with Gasteiger partial charge in [-0.2, -0.15) is 0 Å². The molecule has 0 spiro atoms. The molecule has 6 unspecified atom stereocenters. The molecule has 0 heterocycles. The van der Waals surface area contributed by atoms with Crippen LogP contribution in [0.25, 0.3) is 0 Å². The number of carbonyl (C=O) groups excluding carboxylic acids is 2. The van der Waals surface area contributed by atoms with Crippen LogP contribution >= 0.6 is 7.82 Å². The number of esters is 2. The summed E-state index contributed by atoms with van der Waals surface area (Å²) < 4.78 is 33.5. The second kappa shape index (κ2) is 37.4. The van der Waals surface area contributed by atoms with Crippen LogP contribution in [0.5, 0.6) is 0 Å². The molecule has 356 valence electrons. The Morgan fingerprint density at radius 1 is 0.508 bits per heavy atom. The Morgan fingerprint density at radius 2 is 0.885 bits per heavy atom. The Labute approximate surface area is 368 Å². The number of aliphatic hydroxyl groups is 5. The van der Waals surface area contributed by atoms with Gasteiger partial charge in [-0.3, -0.25) is 18.6 Å². The van der Waals surface area contributed by atoms with Crippen molar-refractivity contribution in [1.29, 1.82) is 0 Å². The van der Waals surface area contributed by atoms with Crippen LogP contribution in [0.1, 0.15) is 194 Å². The van der Waals surface area contributed by atoms with Gasteiger partial charge in [0.25, 0.3) is 0 Å². The first kappa shape index (κ1) is 57.1. The monoisotopic (exact) mass is 889 g/mol. The summed E-state index contributed by atoms with van der Waals surface area (Å²) in [7, 11) is -5.13. The molecule has 1 fully saturated rings. The Kier molecular flexibility index (Phi) is 35.0. The average Bonchev–Trinajstić information content (AvgIpc) is 3.24. The van der Waals surface area contributed by atoms with E-state index in [1.807, 2.05) is 0 Å². The van der Waals surface area contributed by atoms with Gasteiger partial charge in [0.05, 0.1) is 6.61 Å². The number of phosphoric acid groups is 1. The minimum atomic E-state index is -5.13. The molecule has 13 nitrogen and oxygen atoms in total. The van der Waals surface area contributed by atoms with Crippen LogP contribution in [0.15, 0.2) is 36.5 Å². The first-order valence-electron chi connectivity index (χ1n) is 23.8. The molecule has 0 aromatic rings. The number of unbranched alkanes of at least 4 members (excludes halogenated alkanes) is 21. The Hall–Kier alpha value is -1.93. The number of hydrogen-bond acceptors (Lipinski definition) is 12. The lowest BCUT2D eigenvalue weighted by molar-refractivity contribution is -0.220. The highest BCUT2D eigenvalue weighted by atomic mass is 31.2. The number of carbonyl (C=O) groups is 2. The summed E-state index contributed by atoms with van der Waals surface area (Å²) in [6, 6.07) is 0. The second-order valence-electron chi connectivity index (χ2n) is 16.6. The summed E-state index contributed by atoms with van der Waals surface area (Å²) in [4.78, 5) is 35.7.